The van der Waals surface area contributed by atoms with Gasteiger partial charge in [0.2, 0.25) is 10.0 Å². The van der Waals surface area contributed by atoms with Gasteiger partial charge in [0, 0.05) is 23.8 Å². The average Bonchev–Trinajstić information content (AvgIpc) is 3.28. The van der Waals surface area contributed by atoms with Crippen LogP contribution in [0.1, 0.15) is 25.3 Å². The molecular weight excluding hydrogens is 333 g/mol. The lowest BCUT2D eigenvalue weighted by atomic mass is 10.2. The van der Waals surface area contributed by atoms with Gasteiger partial charge in [0.1, 0.15) is 0 Å². The van der Waals surface area contributed by atoms with E-state index < -0.39 is 15.8 Å². The van der Waals surface area contributed by atoms with E-state index in [-0.39, 0.29) is 27.9 Å². The van der Waals surface area contributed by atoms with E-state index in [1.54, 1.807) is 10.9 Å². The maximum Gasteiger partial charge on any atom is 0.241 e. The summed E-state index contributed by atoms with van der Waals surface area (Å²) in [5, 5.41) is 4.47. The average molecular weight is 349 g/mol. The predicted molar refractivity (Wildman–Crippen MR) is 85.4 cm³/mol. The highest BCUT2D eigenvalue weighted by atomic mass is 32.2. The Morgan fingerprint density at radius 2 is 2.17 bits per heavy atom. The van der Waals surface area contributed by atoms with Gasteiger partial charge in [0.15, 0.2) is 11.4 Å². The first-order valence-electron chi connectivity index (χ1n) is 7.73. The number of hydrogen-bond donors (Lipinski definition) is 1. The van der Waals surface area contributed by atoms with Crippen LogP contribution in [-0.2, 0) is 10.0 Å². The number of halogens is 1. The Bertz CT molecular complexity index is 966. The Kier molecular flexibility index (Phi) is 3.65. The smallest absolute Gasteiger partial charge is 0.241 e. The highest BCUT2D eigenvalue weighted by molar-refractivity contribution is 7.89. The molecule has 2 heterocycles. The van der Waals surface area contributed by atoms with E-state index in [9.17, 15) is 12.8 Å². The Morgan fingerprint density at radius 1 is 1.29 bits per heavy atom. The molecule has 2 atom stereocenters. The number of furan rings is 1. The van der Waals surface area contributed by atoms with Gasteiger partial charge < -0.3 is 4.42 Å². The number of benzene rings is 1. The molecule has 3 aromatic rings. The first-order valence-corrected chi connectivity index (χ1v) is 9.22. The van der Waals surface area contributed by atoms with E-state index in [2.05, 4.69) is 9.82 Å². The van der Waals surface area contributed by atoms with Gasteiger partial charge >= 0.3 is 0 Å². The molecule has 1 aliphatic rings. The van der Waals surface area contributed by atoms with Crippen molar-refractivity contribution in [2.24, 2.45) is 0 Å². The second-order valence-corrected chi connectivity index (χ2v) is 7.60. The zero-order valence-corrected chi connectivity index (χ0v) is 13.5. The van der Waals surface area contributed by atoms with Crippen molar-refractivity contribution in [3.8, 4) is 0 Å². The van der Waals surface area contributed by atoms with Crippen LogP contribution in [0.3, 0.4) is 0 Å². The summed E-state index contributed by atoms with van der Waals surface area (Å²) in [6, 6.07) is 5.40. The van der Waals surface area contributed by atoms with Gasteiger partial charge in [-0.1, -0.05) is 0 Å². The lowest BCUT2D eigenvalue weighted by molar-refractivity contribution is 0.399. The number of nitrogens with one attached hydrogen (secondary N) is 1. The Hall–Kier alpha value is -2.19. The van der Waals surface area contributed by atoms with Crippen LogP contribution < -0.4 is 4.72 Å². The summed E-state index contributed by atoms with van der Waals surface area (Å²) in [5.74, 6) is -0.579. The predicted octanol–water partition coefficient (Wildman–Crippen LogP) is 2.84. The highest BCUT2D eigenvalue weighted by Crippen LogP contribution is 2.32. The van der Waals surface area contributed by atoms with Crippen LogP contribution in [0.2, 0.25) is 0 Å². The van der Waals surface area contributed by atoms with E-state index in [0.717, 1.165) is 25.3 Å². The molecule has 0 bridgehead atoms. The van der Waals surface area contributed by atoms with E-state index >= 15 is 0 Å². The van der Waals surface area contributed by atoms with Crippen molar-refractivity contribution in [3.63, 3.8) is 0 Å². The summed E-state index contributed by atoms with van der Waals surface area (Å²) >= 11 is 0. The van der Waals surface area contributed by atoms with E-state index in [4.69, 9.17) is 4.42 Å². The SMILES string of the molecule is O=S(=O)(N[C@@H]1CCC[C@@H]1n1cccn1)c1ccc(F)c2occc12. The van der Waals surface area contributed by atoms with E-state index in [0.29, 0.717) is 0 Å². The second kappa shape index (κ2) is 5.71. The van der Waals surface area contributed by atoms with Crippen LogP contribution in [0.5, 0.6) is 0 Å². The molecule has 1 N–H and O–H groups in total. The minimum atomic E-state index is -3.80. The molecule has 0 radical (unpaired) electrons. The summed E-state index contributed by atoms with van der Waals surface area (Å²) in [6.45, 7) is 0. The standard InChI is InChI=1S/C16H16FN3O3S/c17-12-5-6-15(11-7-10-23-16(11)12)24(21,22)19-13-3-1-4-14(13)20-9-2-8-18-20/h2,5-10,13-14,19H,1,3-4H2/t13-,14+/m1/s1. The molecule has 0 unspecified atom stereocenters. The van der Waals surface area contributed by atoms with Crippen molar-refractivity contribution in [2.75, 3.05) is 0 Å². The molecule has 0 amide bonds. The molecule has 1 aromatic carbocycles. The zero-order chi connectivity index (χ0) is 16.7. The number of aromatic nitrogens is 2. The topological polar surface area (TPSA) is 77.1 Å². The molecule has 6 nitrogen and oxygen atoms in total. The number of fused-ring (bicyclic) bond motifs is 1. The van der Waals surface area contributed by atoms with Crippen molar-refractivity contribution in [1.82, 2.24) is 14.5 Å². The molecule has 0 aliphatic heterocycles. The van der Waals surface area contributed by atoms with Crippen LogP contribution in [0.25, 0.3) is 11.0 Å². The molecule has 126 valence electrons. The number of nitrogens with zero attached hydrogens (tertiary/aromatic N) is 2. The van der Waals surface area contributed by atoms with E-state index in [1.165, 1.54) is 18.4 Å². The van der Waals surface area contributed by atoms with Gasteiger partial charge in [-0.2, -0.15) is 5.10 Å². The first kappa shape index (κ1) is 15.3. The van der Waals surface area contributed by atoms with Crippen LogP contribution >= 0.6 is 0 Å². The zero-order valence-electron chi connectivity index (χ0n) is 12.7. The minimum Gasteiger partial charge on any atom is -0.461 e. The van der Waals surface area contributed by atoms with Crippen molar-refractivity contribution >= 4 is 21.0 Å². The van der Waals surface area contributed by atoms with Crippen molar-refractivity contribution in [2.45, 2.75) is 36.2 Å². The summed E-state index contributed by atoms with van der Waals surface area (Å²) in [7, 11) is -3.80. The van der Waals surface area contributed by atoms with Crippen LogP contribution in [0, 0.1) is 5.82 Å². The largest absolute Gasteiger partial charge is 0.461 e. The summed E-state index contributed by atoms with van der Waals surface area (Å²) in [6.07, 6.45) is 7.32. The maximum absolute atomic E-state index is 13.7. The number of rotatable bonds is 4. The molecule has 8 heteroatoms. The second-order valence-electron chi connectivity index (χ2n) is 5.92. The third kappa shape index (κ3) is 2.51. The van der Waals surface area contributed by atoms with Gasteiger partial charge in [-0.05, 0) is 43.5 Å². The Balaban J connectivity index is 1.68. The van der Waals surface area contributed by atoms with Crippen molar-refractivity contribution < 1.29 is 17.2 Å². The first-order chi connectivity index (χ1) is 11.6. The fourth-order valence-corrected chi connectivity index (χ4v) is 4.87. The Labute approximate surface area is 138 Å². The lowest BCUT2D eigenvalue weighted by Gasteiger charge is -2.21. The summed E-state index contributed by atoms with van der Waals surface area (Å²) in [4.78, 5) is 0.0266. The molecule has 24 heavy (non-hydrogen) atoms. The summed E-state index contributed by atoms with van der Waals surface area (Å²) < 4.78 is 49.0. The lowest BCUT2D eigenvalue weighted by Crippen LogP contribution is -2.38. The fraction of sp³-hybridized carbons (Fsp3) is 0.312. The number of hydrogen-bond acceptors (Lipinski definition) is 4. The van der Waals surface area contributed by atoms with Crippen LogP contribution in [0.4, 0.5) is 4.39 Å². The monoisotopic (exact) mass is 349 g/mol. The normalized spacial score (nSPS) is 21.5. The number of sulfonamides is 1. The van der Waals surface area contributed by atoms with Gasteiger partial charge in [-0.25, -0.2) is 17.5 Å². The minimum absolute atomic E-state index is 0.0185. The highest BCUT2D eigenvalue weighted by Gasteiger charge is 2.33. The van der Waals surface area contributed by atoms with Crippen LogP contribution in [0.15, 0.2) is 52.2 Å². The molecule has 2 aromatic heterocycles. The third-order valence-electron chi connectivity index (χ3n) is 4.47. The molecule has 0 saturated heterocycles. The quantitative estimate of drug-likeness (QED) is 0.786. The molecule has 1 aliphatic carbocycles. The fourth-order valence-electron chi connectivity index (χ4n) is 3.37. The molecule has 1 saturated carbocycles. The molecular formula is C16H16FN3O3S. The van der Waals surface area contributed by atoms with Crippen LogP contribution in [-0.4, -0.2) is 24.2 Å². The van der Waals surface area contributed by atoms with Crippen molar-refractivity contribution in [3.05, 3.63) is 48.7 Å². The van der Waals surface area contributed by atoms with E-state index in [1.807, 2.05) is 12.3 Å². The molecule has 1 fully saturated rings. The Morgan fingerprint density at radius 3 is 2.96 bits per heavy atom. The molecule has 0 spiro atoms. The maximum atomic E-state index is 13.7. The van der Waals surface area contributed by atoms with Gasteiger partial charge in [-0.15, -0.1) is 0 Å². The summed E-state index contributed by atoms with van der Waals surface area (Å²) in [5.41, 5.74) is -0.0482. The van der Waals surface area contributed by atoms with Crippen molar-refractivity contribution in [1.29, 1.82) is 0 Å². The van der Waals surface area contributed by atoms with Gasteiger partial charge in [-0.3, -0.25) is 4.68 Å². The van der Waals surface area contributed by atoms with Gasteiger partial charge in [0.25, 0.3) is 0 Å². The van der Waals surface area contributed by atoms with Gasteiger partial charge in [0.05, 0.1) is 17.2 Å². The molecule has 4 rings (SSSR count). The third-order valence-corrected chi connectivity index (χ3v) is 6.02.